The fourth-order valence-electron chi connectivity index (χ4n) is 1.53. The molecule has 0 aliphatic carbocycles. The topological polar surface area (TPSA) is 61.8 Å². The van der Waals surface area contributed by atoms with E-state index in [-0.39, 0.29) is 0 Å². The van der Waals surface area contributed by atoms with Crippen molar-refractivity contribution in [3.05, 3.63) is 58.6 Å². The van der Waals surface area contributed by atoms with Gasteiger partial charge < -0.3 is 14.2 Å². The predicted molar refractivity (Wildman–Crippen MR) is 85.0 cm³/mol. The Labute approximate surface area is 142 Å². The largest absolute Gasteiger partial charge is 0.482 e. The molecule has 0 aliphatic heterocycles. The Hall–Kier alpha value is -2.24. The van der Waals surface area contributed by atoms with E-state index in [9.17, 15) is 9.59 Å². The van der Waals surface area contributed by atoms with E-state index in [1.807, 2.05) is 0 Å². The normalized spacial score (nSPS) is 10.0. The molecule has 0 fully saturated rings. The quantitative estimate of drug-likeness (QED) is 0.586. The summed E-state index contributed by atoms with van der Waals surface area (Å²) in [7, 11) is 0. The molecule has 0 heterocycles. The van der Waals surface area contributed by atoms with Crippen LogP contribution in [0.2, 0.25) is 10.0 Å². The highest BCUT2D eigenvalue weighted by Crippen LogP contribution is 2.16. The smallest absolute Gasteiger partial charge is 0.351 e. The monoisotopic (exact) mass is 354 g/mol. The van der Waals surface area contributed by atoms with E-state index in [0.717, 1.165) is 0 Å². The second-order valence-corrected chi connectivity index (χ2v) is 5.20. The average molecular weight is 355 g/mol. The number of carbonyl (C=O) groups excluding carboxylic acids is 2. The second kappa shape index (κ2) is 8.41. The SMILES string of the molecule is O=C(COc1ccc(Cl)cc1)OC(=O)COc1ccc(Cl)cc1. The summed E-state index contributed by atoms with van der Waals surface area (Å²) in [5, 5.41) is 1.10. The summed E-state index contributed by atoms with van der Waals surface area (Å²) >= 11 is 11.4. The zero-order valence-corrected chi connectivity index (χ0v) is 13.3. The van der Waals surface area contributed by atoms with Crippen LogP contribution in [0.4, 0.5) is 0 Å². The minimum Gasteiger partial charge on any atom is -0.482 e. The van der Waals surface area contributed by atoms with Crippen molar-refractivity contribution < 1.29 is 23.8 Å². The molecule has 7 heteroatoms. The Morgan fingerprint density at radius 1 is 0.696 bits per heavy atom. The van der Waals surface area contributed by atoms with E-state index in [4.69, 9.17) is 32.7 Å². The fraction of sp³-hybridized carbons (Fsp3) is 0.125. The van der Waals surface area contributed by atoms with E-state index in [2.05, 4.69) is 4.74 Å². The van der Waals surface area contributed by atoms with Crippen molar-refractivity contribution in [3.8, 4) is 11.5 Å². The molecule has 0 amide bonds. The van der Waals surface area contributed by atoms with Crippen LogP contribution in [0.25, 0.3) is 0 Å². The van der Waals surface area contributed by atoms with Crippen LogP contribution in [0, 0.1) is 0 Å². The van der Waals surface area contributed by atoms with Crippen LogP contribution in [-0.4, -0.2) is 25.2 Å². The summed E-state index contributed by atoms with van der Waals surface area (Å²) < 4.78 is 14.9. The molecular formula is C16H12Cl2O5. The van der Waals surface area contributed by atoms with Crippen LogP contribution in [0.5, 0.6) is 11.5 Å². The molecule has 0 aromatic heterocycles. The zero-order valence-electron chi connectivity index (χ0n) is 11.8. The van der Waals surface area contributed by atoms with Gasteiger partial charge in [0.25, 0.3) is 0 Å². The molecule has 0 unspecified atom stereocenters. The molecule has 0 N–H and O–H groups in total. The lowest BCUT2D eigenvalue weighted by molar-refractivity contribution is -0.162. The van der Waals surface area contributed by atoms with E-state index >= 15 is 0 Å². The van der Waals surface area contributed by atoms with Crippen molar-refractivity contribution in [2.24, 2.45) is 0 Å². The maximum absolute atomic E-state index is 11.5. The Balaban J connectivity index is 1.70. The molecule has 0 spiro atoms. The third-order valence-electron chi connectivity index (χ3n) is 2.57. The number of esters is 2. The number of hydrogen-bond acceptors (Lipinski definition) is 5. The Kier molecular flexibility index (Phi) is 6.26. The molecule has 5 nitrogen and oxygen atoms in total. The van der Waals surface area contributed by atoms with Gasteiger partial charge in [-0.2, -0.15) is 0 Å². The van der Waals surface area contributed by atoms with Crippen molar-refractivity contribution in [3.63, 3.8) is 0 Å². The van der Waals surface area contributed by atoms with Crippen molar-refractivity contribution in [1.82, 2.24) is 0 Å². The average Bonchev–Trinajstić information content (AvgIpc) is 2.54. The van der Waals surface area contributed by atoms with Gasteiger partial charge in [-0.3, -0.25) is 0 Å². The minimum atomic E-state index is -0.815. The van der Waals surface area contributed by atoms with Crippen LogP contribution >= 0.6 is 23.2 Å². The molecule has 0 saturated carbocycles. The summed E-state index contributed by atoms with van der Waals surface area (Å²) in [5.41, 5.74) is 0. The number of ether oxygens (including phenoxy) is 3. The number of carbonyl (C=O) groups is 2. The molecule has 2 rings (SSSR count). The van der Waals surface area contributed by atoms with E-state index in [1.165, 1.54) is 0 Å². The van der Waals surface area contributed by atoms with Gasteiger partial charge in [0.1, 0.15) is 11.5 Å². The zero-order chi connectivity index (χ0) is 16.7. The summed E-state index contributed by atoms with van der Waals surface area (Å²) in [4.78, 5) is 23.0. The van der Waals surface area contributed by atoms with Gasteiger partial charge in [-0.15, -0.1) is 0 Å². The first-order valence-electron chi connectivity index (χ1n) is 6.53. The fourth-order valence-corrected chi connectivity index (χ4v) is 1.78. The molecule has 2 aromatic rings. The van der Waals surface area contributed by atoms with Gasteiger partial charge in [0.2, 0.25) is 0 Å². The van der Waals surface area contributed by atoms with Gasteiger partial charge in [0, 0.05) is 10.0 Å². The minimum absolute atomic E-state index is 0.395. The highest BCUT2D eigenvalue weighted by molar-refractivity contribution is 6.30. The van der Waals surface area contributed by atoms with E-state index in [1.54, 1.807) is 48.5 Å². The third kappa shape index (κ3) is 6.18. The first kappa shape index (κ1) is 17.1. The number of hydrogen-bond donors (Lipinski definition) is 0. The van der Waals surface area contributed by atoms with Gasteiger partial charge in [-0.25, -0.2) is 9.59 Å². The Morgan fingerprint density at radius 2 is 1.04 bits per heavy atom. The summed E-state index contributed by atoms with van der Waals surface area (Å²) in [5.74, 6) is -0.748. The molecule has 0 saturated heterocycles. The van der Waals surface area contributed by atoms with Crippen molar-refractivity contribution in [2.75, 3.05) is 13.2 Å². The first-order chi connectivity index (χ1) is 11.0. The maximum atomic E-state index is 11.5. The predicted octanol–water partition coefficient (Wildman–Crippen LogP) is 3.52. The molecule has 0 radical (unpaired) electrons. The van der Waals surface area contributed by atoms with Gasteiger partial charge in [0.15, 0.2) is 13.2 Å². The lowest BCUT2D eigenvalue weighted by Crippen LogP contribution is -2.23. The van der Waals surface area contributed by atoms with E-state index in [0.29, 0.717) is 21.5 Å². The highest BCUT2D eigenvalue weighted by atomic mass is 35.5. The molecule has 2 aromatic carbocycles. The lowest BCUT2D eigenvalue weighted by Gasteiger charge is -2.07. The van der Waals surface area contributed by atoms with Crippen molar-refractivity contribution in [2.45, 2.75) is 0 Å². The van der Waals surface area contributed by atoms with Gasteiger partial charge in [0.05, 0.1) is 0 Å². The number of benzene rings is 2. The molecule has 0 aliphatic rings. The van der Waals surface area contributed by atoms with Crippen LogP contribution in [0.15, 0.2) is 48.5 Å². The number of halogens is 2. The molecule has 0 bridgehead atoms. The molecule has 120 valence electrons. The van der Waals surface area contributed by atoms with Gasteiger partial charge >= 0.3 is 11.9 Å². The van der Waals surface area contributed by atoms with Gasteiger partial charge in [-0.05, 0) is 48.5 Å². The van der Waals surface area contributed by atoms with Crippen molar-refractivity contribution >= 4 is 35.1 Å². The molecule has 23 heavy (non-hydrogen) atoms. The molecule has 0 atom stereocenters. The summed E-state index contributed by atoms with van der Waals surface area (Å²) in [6, 6.07) is 12.9. The summed E-state index contributed by atoms with van der Waals surface area (Å²) in [6.07, 6.45) is 0. The third-order valence-corrected chi connectivity index (χ3v) is 3.07. The van der Waals surface area contributed by atoms with Gasteiger partial charge in [-0.1, -0.05) is 23.2 Å². The second-order valence-electron chi connectivity index (χ2n) is 4.33. The Morgan fingerprint density at radius 3 is 1.39 bits per heavy atom. The van der Waals surface area contributed by atoms with Crippen LogP contribution in [0.3, 0.4) is 0 Å². The highest BCUT2D eigenvalue weighted by Gasteiger charge is 2.12. The summed E-state index contributed by atoms with van der Waals surface area (Å²) in [6.45, 7) is -0.789. The van der Waals surface area contributed by atoms with Crippen LogP contribution < -0.4 is 9.47 Å². The number of rotatable bonds is 6. The standard InChI is InChI=1S/C16H12Cl2O5/c17-11-1-5-13(6-2-11)21-9-15(19)23-16(20)10-22-14-7-3-12(18)4-8-14/h1-8H,9-10H2. The van der Waals surface area contributed by atoms with Crippen molar-refractivity contribution in [1.29, 1.82) is 0 Å². The van der Waals surface area contributed by atoms with Crippen LogP contribution in [-0.2, 0) is 14.3 Å². The first-order valence-corrected chi connectivity index (χ1v) is 7.29. The Bertz CT molecular complexity index is 608. The maximum Gasteiger partial charge on any atom is 0.351 e. The molecular weight excluding hydrogens is 343 g/mol. The van der Waals surface area contributed by atoms with Crippen LogP contribution in [0.1, 0.15) is 0 Å². The lowest BCUT2D eigenvalue weighted by atomic mass is 10.3. The van der Waals surface area contributed by atoms with E-state index < -0.39 is 25.2 Å².